The molecule has 154 valence electrons. The van der Waals surface area contributed by atoms with Crippen LogP contribution in [0.1, 0.15) is 25.8 Å². The van der Waals surface area contributed by atoms with Crippen LogP contribution in [0.2, 0.25) is 0 Å². The van der Waals surface area contributed by atoms with Crippen molar-refractivity contribution >= 4 is 23.6 Å². The van der Waals surface area contributed by atoms with Crippen LogP contribution in [0.5, 0.6) is 5.75 Å². The Morgan fingerprint density at radius 1 is 1.11 bits per heavy atom. The highest BCUT2D eigenvalue weighted by Gasteiger charge is 2.25. The molecule has 28 heavy (non-hydrogen) atoms. The van der Waals surface area contributed by atoms with E-state index in [4.69, 9.17) is 9.47 Å². The lowest BCUT2D eigenvalue weighted by Crippen LogP contribution is -2.51. The van der Waals surface area contributed by atoms with Gasteiger partial charge >= 0.3 is 6.09 Å². The van der Waals surface area contributed by atoms with E-state index in [9.17, 15) is 14.4 Å². The van der Waals surface area contributed by atoms with Gasteiger partial charge in [0.05, 0.1) is 19.4 Å². The maximum absolute atomic E-state index is 12.6. The lowest BCUT2D eigenvalue weighted by atomic mass is 10.1. The molecular weight excluding hydrogens is 362 g/mol. The Hall–Kier alpha value is -2.77. The highest BCUT2D eigenvalue weighted by atomic mass is 16.6. The molecule has 0 N–H and O–H groups in total. The number of ether oxygens (including phenoxy) is 2. The summed E-state index contributed by atoms with van der Waals surface area (Å²) in [5, 5.41) is 0. The lowest BCUT2D eigenvalue weighted by Gasteiger charge is -2.34. The molecule has 8 heteroatoms. The highest BCUT2D eigenvalue weighted by Crippen LogP contribution is 2.29. The van der Waals surface area contributed by atoms with E-state index in [-0.39, 0.29) is 30.9 Å². The van der Waals surface area contributed by atoms with Crippen LogP contribution in [-0.4, -0.2) is 74.1 Å². The van der Waals surface area contributed by atoms with Crippen LogP contribution in [0.25, 0.3) is 0 Å². The van der Waals surface area contributed by atoms with Crippen LogP contribution in [0.15, 0.2) is 18.2 Å². The van der Waals surface area contributed by atoms with Crippen LogP contribution in [0.4, 0.5) is 10.5 Å². The summed E-state index contributed by atoms with van der Waals surface area (Å²) in [7, 11) is 1.56. The molecule has 0 aliphatic carbocycles. The van der Waals surface area contributed by atoms with Crippen molar-refractivity contribution in [3.05, 3.63) is 23.8 Å². The average molecular weight is 391 g/mol. The molecule has 3 amide bonds. The largest absolute Gasteiger partial charge is 0.495 e. The number of hydrogen-bond donors (Lipinski definition) is 0. The monoisotopic (exact) mass is 391 g/mol. The summed E-state index contributed by atoms with van der Waals surface area (Å²) in [5.74, 6) is 0.404. The molecule has 0 aromatic heterocycles. The van der Waals surface area contributed by atoms with Crippen molar-refractivity contribution in [3.8, 4) is 5.75 Å². The van der Waals surface area contributed by atoms with Gasteiger partial charge in [0.15, 0.2) is 0 Å². The first-order valence-corrected chi connectivity index (χ1v) is 9.49. The summed E-state index contributed by atoms with van der Waals surface area (Å²) in [4.78, 5) is 41.4. The second kappa shape index (κ2) is 9.96. The maximum atomic E-state index is 12.6. The predicted octanol–water partition coefficient (Wildman–Crippen LogP) is 2.05. The van der Waals surface area contributed by atoms with Crippen molar-refractivity contribution < 1.29 is 23.9 Å². The minimum atomic E-state index is -0.344. The van der Waals surface area contributed by atoms with Gasteiger partial charge in [-0.25, -0.2) is 4.79 Å². The van der Waals surface area contributed by atoms with E-state index >= 15 is 0 Å². The van der Waals surface area contributed by atoms with Crippen molar-refractivity contribution in [2.45, 2.75) is 27.2 Å². The first kappa shape index (κ1) is 21.5. The zero-order valence-corrected chi connectivity index (χ0v) is 17.1. The minimum absolute atomic E-state index is 0.0404. The number of carbonyl (C=O) groups is 3. The Bertz CT molecular complexity index is 714. The molecule has 0 bridgehead atoms. The maximum Gasteiger partial charge on any atom is 0.409 e. The summed E-state index contributed by atoms with van der Waals surface area (Å²) >= 11 is 0. The number of methoxy groups -OCH3 is 1. The van der Waals surface area contributed by atoms with Crippen molar-refractivity contribution in [2.75, 3.05) is 51.3 Å². The minimum Gasteiger partial charge on any atom is -0.495 e. The number of hydrogen-bond acceptors (Lipinski definition) is 5. The number of amides is 3. The number of aryl methyl sites for hydroxylation is 1. The summed E-state index contributed by atoms with van der Waals surface area (Å²) < 4.78 is 10.4. The van der Waals surface area contributed by atoms with E-state index in [1.165, 1.54) is 6.92 Å². The van der Waals surface area contributed by atoms with E-state index in [0.717, 1.165) is 5.56 Å². The third kappa shape index (κ3) is 5.37. The summed E-state index contributed by atoms with van der Waals surface area (Å²) in [6.07, 6.45) is -0.139. The number of benzene rings is 1. The molecule has 8 nitrogen and oxygen atoms in total. The van der Waals surface area contributed by atoms with Gasteiger partial charge in [0.2, 0.25) is 11.8 Å². The Morgan fingerprint density at radius 2 is 1.75 bits per heavy atom. The van der Waals surface area contributed by atoms with Crippen molar-refractivity contribution in [2.24, 2.45) is 0 Å². The fourth-order valence-corrected chi connectivity index (χ4v) is 3.18. The van der Waals surface area contributed by atoms with E-state index in [1.54, 1.807) is 28.7 Å². The van der Waals surface area contributed by atoms with Gasteiger partial charge < -0.3 is 24.2 Å². The van der Waals surface area contributed by atoms with Crippen molar-refractivity contribution in [1.29, 1.82) is 0 Å². The van der Waals surface area contributed by atoms with Crippen LogP contribution in [-0.2, 0) is 14.3 Å². The fraction of sp³-hybridized carbons (Fsp3) is 0.550. The van der Waals surface area contributed by atoms with Gasteiger partial charge in [-0.3, -0.25) is 9.59 Å². The average Bonchev–Trinajstić information content (AvgIpc) is 2.68. The third-order valence-electron chi connectivity index (χ3n) is 4.71. The number of piperazine rings is 1. The SMILES string of the molecule is CCOC(=O)N1CCN(C(=O)CCN(C(C)=O)c2cc(C)ccc2OC)CC1. The fourth-order valence-electron chi connectivity index (χ4n) is 3.18. The van der Waals surface area contributed by atoms with E-state index in [1.807, 2.05) is 25.1 Å². The van der Waals surface area contributed by atoms with Gasteiger partial charge in [-0.1, -0.05) is 6.07 Å². The molecule has 2 rings (SSSR count). The molecule has 1 aliphatic rings. The van der Waals surface area contributed by atoms with Crippen LogP contribution in [0, 0.1) is 6.92 Å². The lowest BCUT2D eigenvalue weighted by molar-refractivity contribution is -0.132. The first-order chi connectivity index (χ1) is 13.4. The molecule has 1 heterocycles. The summed E-state index contributed by atoms with van der Waals surface area (Å²) in [6.45, 7) is 7.62. The van der Waals surface area contributed by atoms with E-state index in [0.29, 0.717) is 44.2 Å². The van der Waals surface area contributed by atoms with E-state index < -0.39 is 0 Å². The van der Waals surface area contributed by atoms with Gasteiger partial charge in [-0.15, -0.1) is 0 Å². The van der Waals surface area contributed by atoms with E-state index in [2.05, 4.69) is 0 Å². The molecule has 1 aromatic carbocycles. The van der Waals surface area contributed by atoms with Gasteiger partial charge in [0, 0.05) is 46.1 Å². The second-order valence-electron chi connectivity index (χ2n) is 6.66. The number of nitrogens with zero attached hydrogens (tertiary/aromatic N) is 3. The molecule has 0 unspecified atom stereocenters. The Kier molecular flexibility index (Phi) is 7.66. The first-order valence-electron chi connectivity index (χ1n) is 9.49. The molecule has 1 fully saturated rings. The molecule has 0 spiro atoms. The smallest absolute Gasteiger partial charge is 0.409 e. The van der Waals surface area contributed by atoms with Crippen LogP contribution < -0.4 is 9.64 Å². The zero-order chi connectivity index (χ0) is 20.7. The van der Waals surface area contributed by atoms with Crippen LogP contribution >= 0.6 is 0 Å². The summed E-state index contributed by atoms with van der Waals surface area (Å²) in [6, 6.07) is 5.61. The summed E-state index contributed by atoms with van der Waals surface area (Å²) in [5.41, 5.74) is 1.67. The zero-order valence-electron chi connectivity index (χ0n) is 17.1. The Labute approximate surface area is 166 Å². The number of carbonyl (C=O) groups excluding carboxylic acids is 3. The second-order valence-corrected chi connectivity index (χ2v) is 6.66. The quantitative estimate of drug-likeness (QED) is 0.742. The molecule has 1 aliphatic heterocycles. The predicted molar refractivity (Wildman–Crippen MR) is 106 cm³/mol. The van der Waals surface area contributed by atoms with Gasteiger partial charge in [-0.2, -0.15) is 0 Å². The molecule has 1 aromatic rings. The molecule has 0 saturated carbocycles. The highest BCUT2D eigenvalue weighted by molar-refractivity contribution is 5.94. The van der Waals surface area contributed by atoms with Gasteiger partial charge in [0.25, 0.3) is 0 Å². The third-order valence-corrected chi connectivity index (χ3v) is 4.71. The topological polar surface area (TPSA) is 79.4 Å². The standard InChI is InChI=1S/C20H29N3O5/c1-5-28-20(26)22-12-10-21(11-13-22)19(25)8-9-23(16(3)24)17-14-15(2)6-7-18(17)27-4/h6-7,14H,5,8-13H2,1-4H3. The molecule has 0 radical (unpaired) electrons. The van der Waals surface area contributed by atoms with Crippen molar-refractivity contribution in [1.82, 2.24) is 9.80 Å². The normalized spacial score (nSPS) is 13.9. The number of anilines is 1. The van der Waals surface area contributed by atoms with Crippen molar-refractivity contribution in [3.63, 3.8) is 0 Å². The van der Waals surface area contributed by atoms with Crippen LogP contribution in [0.3, 0.4) is 0 Å². The molecule has 1 saturated heterocycles. The number of rotatable bonds is 6. The van der Waals surface area contributed by atoms with Gasteiger partial charge in [0.1, 0.15) is 5.75 Å². The molecular formula is C20H29N3O5. The molecule has 0 atom stereocenters. The van der Waals surface area contributed by atoms with Gasteiger partial charge in [-0.05, 0) is 31.5 Å². The Balaban J connectivity index is 1.96. The Morgan fingerprint density at radius 3 is 2.32 bits per heavy atom.